The number of aromatic amines is 1. The molecule has 8 nitrogen and oxygen atoms in total. The molecule has 0 bridgehead atoms. The van der Waals surface area contributed by atoms with Crippen LogP contribution in [0.4, 0.5) is 5.82 Å². The highest BCUT2D eigenvalue weighted by Gasteiger charge is 2.28. The summed E-state index contributed by atoms with van der Waals surface area (Å²) in [6, 6.07) is 3.64. The Hall–Kier alpha value is -2.61. The van der Waals surface area contributed by atoms with Gasteiger partial charge in [-0.1, -0.05) is 0 Å². The third kappa shape index (κ3) is 3.30. The number of imidazole rings is 1. The van der Waals surface area contributed by atoms with Crippen molar-refractivity contribution >= 4 is 34.5 Å². The summed E-state index contributed by atoms with van der Waals surface area (Å²) in [5, 5.41) is 3.08. The minimum absolute atomic E-state index is 0.0158. The number of carbonyl (C=O) groups is 1. The van der Waals surface area contributed by atoms with Crippen molar-refractivity contribution in [2.24, 2.45) is 5.92 Å². The minimum Gasteiger partial charge on any atom is -0.467 e. The molecule has 9 heteroatoms. The van der Waals surface area contributed by atoms with Gasteiger partial charge in [-0.05, 0) is 36.6 Å². The van der Waals surface area contributed by atoms with E-state index in [2.05, 4.69) is 30.2 Å². The molecule has 1 saturated heterocycles. The minimum atomic E-state index is -0.115. The van der Waals surface area contributed by atoms with Crippen molar-refractivity contribution in [3.8, 4) is 0 Å². The molecule has 1 amide bonds. The SMILES string of the molecule is O=C(NCc1ccco1)[C@@H]1CCCN(c2nc(Cl)nc3nc[nH]c23)C1. The number of hydrogen-bond acceptors (Lipinski definition) is 6. The van der Waals surface area contributed by atoms with Gasteiger partial charge < -0.3 is 19.6 Å². The van der Waals surface area contributed by atoms with Gasteiger partial charge in [0.05, 0.1) is 25.1 Å². The van der Waals surface area contributed by atoms with Crippen LogP contribution in [0, 0.1) is 5.92 Å². The molecular weight excluding hydrogens is 344 g/mol. The highest BCUT2D eigenvalue weighted by atomic mass is 35.5. The van der Waals surface area contributed by atoms with Crippen LogP contribution in [0.2, 0.25) is 5.28 Å². The predicted octanol–water partition coefficient (Wildman–Crippen LogP) is 2.13. The van der Waals surface area contributed by atoms with Crippen molar-refractivity contribution in [1.82, 2.24) is 25.3 Å². The molecule has 0 aromatic carbocycles. The van der Waals surface area contributed by atoms with E-state index in [1.165, 1.54) is 0 Å². The zero-order valence-electron chi connectivity index (χ0n) is 13.4. The van der Waals surface area contributed by atoms with Crippen LogP contribution in [0.15, 0.2) is 29.1 Å². The number of furan rings is 1. The monoisotopic (exact) mass is 360 g/mol. The van der Waals surface area contributed by atoms with Gasteiger partial charge in [-0.3, -0.25) is 4.79 Å². The Balaban J connectivity index is 1.48. The molecule has 4 heterocycles. The summed E-state index contributed by atoms with van der Waals surface area (Å²) in [7, 11) is 0. The summed E-state index contributed by atoms with van der Waals surface area (Å²) in [4.78, 5) is 30.2. The Labute approximate surface area is 148 Å². The van der Waals surface area contributed by atoms with Crippen LogP contribution >= 0.6 is 11.6 Å². The molecule has 1 atom stereocenters. The van der Waals surface area contributed by atoms with Crippen molar-refractivity contribution in [3.63, 3.8) is 0 Å². The van der Waals surface area contributed by atoms with Gasteiger partial charge in [-0.25, -0.2) is 4.98 Å². The number of fused-ring (bicyclic) bond motifs is 1. The first-order valence-corrected chi connectivity index (χ1v) is 8.50. The van der Waals surface area contributed by atoms with E-state index in [4.69, 9.17) is 16.0 Å². The Bertz CT molecular complexity index is 878. The lowest BCUT2D eigenvalue weighted by Crippen LogP contribution is -2.43. The van der Waals surface area contributed by atoms with Crippen LogP contribution in [0.5, 0.6) is 0 Å². The third-order valence-corrected chi connectivity index (χ3v) is 4.52. The zero-order valence-corrected chi connectivity index (χ0v) is 14.2. The van der Waals surface area contributed by atoms with Gasteiger partial charge in [0.15, 0.2) is 11.5 Å². The number of amides is 1. The standard InChI is InChI=1S/C16H17ClN6O2/c17-16-21-13-12(19-9-20-13)14(22-16)23-5-1-3-10(8-23)15(24)18-7-11-4-2-6-25-11/h2,4,6,9-10H,1,3,5,7-8H2,(H,18,24)(H,19,20,21,22)/t10-/m1/s1. The smallest absolute Gasteiger partial charge is 0.226 e. The second-order valence-corrected chi connectivity index (χ2v) is 6.34. The maximum absolute atomic E-state index is 12.5. The zero-order chi connectivity index (χ0) is 17.2. The molecule has 3 aromatic rings. The summed E-state index contributed by atoms with van der Waals surface area (Å²) in [5.41, 5.74) is 1.26. The number of carbonyl (C=O) groups excluding carboxylic acids is 1. The van der Waals surface area contributed by atoms with Gasteiger partial charge >= 0.3 is 0 Å². The number of halogens is 1. The quantitative estimate of drug-likeness (QED) is 0.691. The summed E-state index contributed by atoms with van der Waals surface area (Å²) >= 11 is 6.01. The van der Waals surface area contributed by atoms with Gasteiger partial charge in [0.2, 0.25) is 11.2 Å². The molecule has 4 rings (SSSR count). The van der Waals surface area contributed by atoms with Crippen LogP contribution in [-0.2, 0) is 11.3 Å². The lowest BCUT2D eigenvalue weighted by Gasteiger charge is -2.32. The number of H-pyrrole nitrogens is 1. The topological polar surface area (TPSA) is 99.9 Å². The Kier molecular flexibility index (Phi) is 4.27. The van der Waals surface area contributed by atoms with E-state index in [9.17, 15) is 4.79 Å². The molecule has 0 aliphatic carbocycles. The van der Waals surface area contributed by atoms with Crippen molar-refractivity contribution in [3.05, 3.63) is 35.8 Å². The van der Waals surface area contributed by atoms with Gasteiger partial charge in [-0.15, -0.1) is 0 Å². The fraction of sp³-hybridized carbons (Fsp3) is 0.375. The Morgan fingerprint density at radius 2 is 2.40 bits per heavy atom. The predicted molar refractivity (Wildman–Crippen MR) is 92.2 cm³/mol. The summed E-state index contributed by atoms with van der Waals surface area (Å²) < 4.78 is 5.25. The van der Waals surface area contributed by atoms with E-state index in [0.29, 0.717) is 24.6 Å². The lowest BCUT2D eigenvalue weighted by atomic mass is 9.97. The average Bonchev–Trinajstić information content (AvgIpc) is 3.30. The first kappa shape index (κ1) is 15.9. The number of nitrogens with one attached hydrogen (secondary N) is 2. The highest BCUT2D eigenvalue weighted by molar-refractivity contribution is 6.28. The van der Waals surface area contributed by atoms with E-state index in [0.717, 1.165) is 30.7 Å². The molecule has 25 heavy (non-hydrogen) atoms. The molecule has 0 saturated carbocycles. The van der Waals surface area contributed by atoms with Crippen molar-refractivity contribution in [2.75, 3.05) is 18.0 Å². The molecule has 0 radical (unpaired) electrons. The molecule has 2 N–H and O–H groups in total. The normalized spacial score (nSPS) is 17.8. The second kappa shape index (κ2) is 6.72. The van der Waals surface area contributed by atoms with E-state index in [1.807, 2.05) is 6.07 Å². The van der Waals surface area contributed by atoms with Crippen LogP contribution in [0.3, 0.4) is 0 Å². The van der Waals surface area contributed by atoms with E-state index in [-0.39, 0.29) is 17.1 Å². The molecule has 0 unspecified atom stereocenters. The van der Waals surface area contributed by atoms with Gasteiger partial charge in [0.25, 0.3) is 0 Å². The fourth-order valence-corrected chi connectivity index (χ4v) is 3.30. The van der Waals surface area contributed by atoms with Gasteiger partial charge in [-0.2, -0.15) is 9.97 Å². The molecule has 1 aliphatic heterocycles. The number of piperidine rings is 1. The van der Waals surface area contributed by atoms with Gasteiger partial charge in [0, 0.05) is 13.1 Å². The average molecular weight is 361 g/mol. The largest absolute Gasteiger partial charge is 0.467 e. The Morgan fingerprint density at radius 3 is 3.24 bits per heavy atom. The van der Waals surface area contributed by atoms with Gasteiger partial charge in [0.1, 0.15) is 11.3 Å². The molecule has 130 valence electrons. The number of aromatic nitrogens is 4. The lowest BCUT2D eigenvalue weighted by molar-refractivity contribution is -0.125. The molecule has 0 spiro atoms. The van der Waals surface area contributed by atoms with E-state index < -0.39 is 0 Å². The van der Waals surface area contributed by atoms with Crippen LogP contribution in [-0.4, -0.2) is 38.9 Å². The highest BCUT2D eigenvalue weighted by Crippen LogP contribution is 2.27. The summed E-state index contributed by atoms with van der Waals surface area (Å²) in [6.07, 6.45) is 4.90. The van der Waals surface area contributed by atoms with E-state index >= 15 is 0 Å². The molecule has 1 fully saturated rings. The first-order chi connectivity index (χ1) is 12.2. The maximum atomic E-state index is 12.5. The number of hydrogen-bond donors (Lipinski definition) is 2. The summed E-state index contributed by atoms with van der Waals surface area (Å²) in [6.45, 7) is 1.78. The molecular formula is C16H17ClN6O2. The van der Waals surface area contributed by atoms with Crippen molar-refractivity contribution in [2.45, 2.75) is 19.4 Å². The second-order valence-electron chi connectivity index (χ2n) is 6.00. The molecule has 1 aliphatic rings. The first-order valence-electron chi connectivity index (χ1n) is 8.12. The molecule has 3 aromatic heterocycles. The van der Waals surface area contributed by atoms with E-state index in [1.54, 1.807) is 18.7 Å². The number of nitrogens with zero attached hydrogens (tertiary/aromatic N) is 4. The number of anilines is 1. The van der Waals surface area contributed by atoms with Crippen LogP contribution < -0.4 is 10.2 Å². The number of rotatable bonds is 4. The van der Waals surface area contributed by atoms with Crippen LogP contribution in [0.1, 0.15) is 18.6 Å². The maximum Gasteiger partial charge on any atom is 0.226 e. The van der Waals surface area contributed by atoms with Crippen molar-refractivity contribution in [1.29, 1.82) is 0 Å². The third-order valence-electron chi connectivity index (χ3n) is 4.35. The Morgan fingerprint density at radius 1 is 1.48 bits per heavy atom. The summed E-state index contributed by atoms with van der Waals surface area (Å²) in [5.74, 6) is 1.33. The fourth-order valence-electron chi connectivity index (χ4n) is 3.14. The van der Waals surface area contributed by atoms with Crippen LogP contribution in [0.25, 0.3) is 11.2 Å². The van der Waals surface area contributed by atoms with Crippen molar-refractivity contribution < 1.29 is 9.21 Å².